The summed E-state index contributed by atoms with van der Waals surface area (Å²) in [6.07, 6.45) is -0.0838. The third-order valence-electron chi connectivity index (χ3n) is 2.25. The molecule has 0 aromatic heterocycles. The summed E-state index contributed by atoms with van der Waals surface area (Å²) in [4.78, 5) is 23.3. The van der Waals surface area contributed by atoms with Crippen molar-refractivity contribution in [1.82, 2.24) is 4.90 Å². The largest absolute Gasteiger partial charge is 0.456 e. The van der Waals surface area contributed by atoms with Gasteiger partial charge in [-0.3, -0.25) is 4.79 Å². The van der Waals surface area contributed by atoms with Crippen LogP contribution in [0.15, 0.2) is 11.8 Å². The van der Waals surface area contributed by atoms with Gasteiger partial charge in [-0.05, 0) is 6.08 Å². The third-order valence-corrected chi connectivity index (χ3v) is 2.25. The number of rotatable bonds is 0. The van der Waals surface area contributed by atoms with Crippen LogP contribution >= 0.6 is 0 Å². The molecule has 2 rings (SSSR count). The van der Waals surface area contributed by atoms with Gasteiger partial charge in [0, 0.05) is 13.3 Å². The Morgan fingerprint density at radius 3 is 3.00 bits per heavy atom. The summed E-state index contributed by atoms with van der Waals surface area (Å²) < 4.78 is 10.1. The number of allylic oxidation sites excluding steroid dienone is 1. The van der Waals surface area contributed by atoms with Gasteiger partial charge >= 0.3 is 6.09 Å². The minimum atomic E-state index is -0.797. The van der Waals surface area contributed by atoms with E-state index in [-0.39, 0.29) is 5.76 Å². The van der Waals surface area contributed by atoms with Gasteiger partial charge in [0.25, 0.3) is 0 Å². The standard InChI is InChI=1S/C9H8N2O4/c1-5(12)11-8-7(15-9(11)13)3-2-6(4-10)14-8/h2,7-8H,3H2,1H3/t7-,8+/m0/s1. The van der Waals surface area contributed by atoms with Crippen LogP contribution in [0.1, 0.15) is 13.3 Å². The maximum atomic E-state index is 11.3. The summed E-state index contributed by atoms with van der Waals surface area (Å²) in [6, 6.07) is 1.82. The number of hydrogen-bond donors (Lipinski definition) is 0. The van der Waals surface area contributed by atoms with Gasteiger partial charge in [0.1, 0.15) is 6.07 Å². The summed E-state index contributed by atoms with van der Waals surface area (Å²) >= 11 is 0. The first-order chi connectivity index (χ1) is 7.13. The average Bonchev–Trinajstić information content (AvgIpc) is 2.52. The van der Waals surface area contributed by atoms with Crippen LogP contribution in [0.2, 0.25) is 0 Å². The summed E-state index contributed by atoms with van der Waals surface area (Å²) in [7, 11) is 0. The Morgan fingerprint density at radius 1 is 1.67 bits per heavy atom. The molecule has 0 aromatic carbocycles. The molecule has 0 unspecified atom stereocenters. The second-order valence-electron chi connectivity index (χ2n) is 3.24. The van der Waals surface area contributed by atoms with E-state index in [0.29, 0.717) is 6.42 Å². The van der Waals surface area contributed by atoms with Crippen LogP contribution in [-0.2, 0) is 14.3 Å². The zero-order chi connectivity index (χ0) is 11.0. The first-order valence-electron chi connectivity index (χ1n) is 4.41. The van der Waals surface area contributed by atoms with E-state index in [1.54, 1.807) is 0 Å². The van der Waals surface area contributed by atoms with E-state index in [9.17, 15) is 9.59 Å². The van der Waals surface area contributed by atoms with Crippen LogP contribution in [0, 0.1) is 11.3 Å². The Bertz CT molecular complexity index is 395. The number of hydrogen-bond acceptors (Lipinski definition) is 5. The van der Waals surface area contributed by atoms with Gasteiger partial charge < -0.3 is 9.47 Å². The maximum Gasteiger partial charge on any atom is 0.420 e. The number of carbonyl (C=O) groups is 2. The highest BCUT2D eigenvalue weighted by Crippen LogP contribution is 2.29. The van der Waals surface area contributed by atoms with Crippen molar-refractivity contribution in [3.63, 3.8) is 0 Å². The van der Waals surface area contributed by atoms with Gasteiger partial charge in [-0.2, -0.15) is 5.26 Å². The van der Waals surface area contributed by atoms with Crippen molar-refractivity contribution in [2.75, 3.05) is 0 Å². The Kier molecular flexibility index (Phi) is 2.08. The quantitative estimate of drug-likeness (QED) is 0.579. The molecule has 0 aliphatic carbocycles. The molecular formula is C9H8N2O4. The van der Waals surface area contributed by atoms with Crippen LogP contribution in [-0.4, -0.2) is 29.2 Å². The molecule has 2 aliphatic heterocycles. The van der Waals surface area contributed by atoms with Crippen LogP contribution in [0.5, 0.6) is 0 Å². The Hall–Kier alpha value is -2.03. The number of ether oxygens (including phenoxy) is 2. The average molecular weight is 208 g/mol. The normalized spacial score (nSPS) is 28.4. The summed E-state index contributed by atoms with van der Waals surface area (Å²) in [5.41, 5.74) is 0. The first kappa shape index (κ1) is 9.52. The van der Waals surface area contributed by atoms with Gasteiger partial charge in [-0.15, -0.1) is 0 Å². The molecule has 6 nitrogen and oxygen atoms in total. The lowest BCUT2D eigenvalue weighted by Gasteiger charge is -2.25. The monoisotopic (exact) mass is 208 g/mol. The maximum absolute atomic E-state index is 11.3. The molecule has 2 heterocycles. The lowest BCUT2D eigenvalue weighted by atomic mass is 10.1. The molecular weight excluding hydrogens is 200 g/mol. The highest BCUT2D eigenvalue weighted by molar-refractivity contribution is 5.92. The fourth-order valence-electron chi connectivity index (χ4n) is 1.59. The summed E-state index contributed by atoms with van der Waals surface area (Å²) in [5.74, 6) is -0.340. The Morgan fingerprint density at radius 2 is 2.40 bits per heavy atom. The number of imide groups is 1. The molecule has 2 atom stereocenters. The van der Waals surface area contributed by atoms with Crippen molar-refractivity contribution in [3.8, 4) is 6.07 Å². The highest BCUT2D eigenvalue weighted by Gasteiger charge is 2.47. The van der Waals surface area contributed by atoms with Crippen molar-refractivity contribution in [2.24, 2.45) is 0 Å². The fourth-order valence-corrected chi connectivity index (χ4v) is 1.59. The predicted molar refractivity (Wildman–Crippen MR) is 46.0 cm³/mol. The zero-order valence-corrected chi connectivity index (χ0v) is 7.97. The second-order valence-corrected chi connectivity index (χ2v) is 3.24. The number of amides is 2. The summed E-state index contributed by atoms with van der Waals surface area (Å²) in [5, 5.41) is 8.63. The lowest BCUT2D eigenvalue weighted by molar-refractivity contribution is -0.133. The Labute approximate surface area is 85.7 Å². The Balaban J connectivity index is 2.25. The molecule has 6 heteroatoms. The molecule has 15 heavy (non-hydrogen) atoms. The van der Waals surface area contributed by atoms with E-state index in [2.05, 4.69) is 0 Å². The van der Waals surface area contributed by atoms with E-state index in [1.807, 2.05) is 6.07 Å². The first-order valence-corrected chi connectivity index (χ1v) is 4.41. The fraction of sp³-hybridized carbons (Fsp3) is 0.444. The highest BCUT2D eigenvalue weighted by atomic mass is 16.6. The van der Waals surface area contributed by atoms with Crippen LogP contribution in [0.4, 0.5) is 4.79 Å². The minimum absolute atomic E-state index is 0.112. The number of nitriles is 1. The molecule has 0 N–H and O–H groups in total. The molecule has 1 saturated heterocycles. The van der Waals surface area contributed by atoms with E-state index in [4.69, 9.17) is 14.7 Å². The number of fused-ring (bicyclic) bond motifs is 1. The molecule has 2 amide bonds. The van der Waals surface area contributed by atoms with E-state index >= 15 is 0 Å². The topological polar surface area (TPSA) is 79.6 Å². The molecule has 78 valence electrons. The molecule has 1 fully saturated rings. The zero-order valence-electron chi connectivity index (χ0n) is 7.97. The number of nitrogens with zero attached hydrogens (tertiary/aromatic N) is 2. The van der Waals surface area contributed by atoms with Crippen LogP contribution in [0.25, 0.3) is 0 Å². The van der Waals surface area contributed by atoms with Gasteiger partial charge in [0.2, 0.25) is 12.1 Å². The molecule has 0 saturated carbocycles. The predicted octanol–water partition coefficient (Wildman–Crippen LogP) is 0.508. The van der Waals surface area contributed by atoms with Crippen LogP contribution < -0.4 is 0 Å². The molecule has 0 spiro atoms. The van der Waals surface area contributed by atoms with Crippen molar-refractivity contribution < 1.29 is 19.1 Å². The summed E-state index contributed by atoms with van der Waals surface area (Å²) in [6.45, 7) is 1.25. The van der Waals surface area contributed by atoms with Crippen molar-refractivity contribution >= 4 is 12.0 Å². The van der Waals surface area contributed by atoms with Gasteiger partial charge in [0.15, 0.2) is 11.9 Å². The molecule has 0 radical (unpaired) electrons. The van der Waals surface area contributed by atoms with E-state index in [1.165, 1.54) is 13.0 Å². The van der Waals surface area contributed by atoms with Gasteiger partial charge in [-0.25, -0.2) is 9.69 Å². The lowest BCUT2D eigenvalue weighted by Crippen LogP contribution is -2.42. The molecule has 2 aliphatic rings. The number of carbonyl (C=O) groups excluding carboxylic acids is 2. The van der Waals surface area contributed by atoms with Gasteiger partial charge in [-0.1, -0.05) is 0 Å². The minimum Gasteiger partial charge on any atom is -0.456 e. The third kappa shape index (κ3) is 1.42. The van der Waals surface area contributed by atoms with Crippen molar-refractivity contribution in [2.45, 2.75) is 25.7 Å². The smallest absolute Gasteiger partial charge is 0.420 e. The molecule has 0 bridgehead atoms. The SMILES string of the molecule is CC(=O)N1C(=O)O[C@H]2CC=C(C#N)O[C@H]21. The van der Waals surface area contributed by atoms with Crippen LogP contribution in [0.3, 0.4) is 0 Å². The van der Waals surface area contributed by atoms with Crippen molar-refractivity contribution in [1.29, 1.82) is 5.26 Å². The molecule has 0 aromatic rings. The van der Waals surface area contributed by atoms with Crippen molar-refractivity contribution in [3.05, 3.63) is 11.8 Å². The van der Waals surface area contributed by atoms with E-state index < -0.39 is 24.3 Å². The van der Waals surface area contributed by atoms with Gasteiger partial charge in [0.05, 0.1) is 0 Å². The second kappa shape index (κ2) is 3.28. The van der Waals surface area contributed by atoms with E-state index in [0.717, 1.165) is 4.90 Å².